The SMILES string of the molecule is N#Cc1ccc(CNc2csc3ccccc23)c2ccccc12. The first-order chi connectivity index (χ1) is 11.4. The molecule has 0 saturated carbocycles. The third-order valence-corrected chi connectivity index (χ3v) is 5.05. The van der Waals surface area contributed by atoms with Gasteiger partial charge in [0.2, 0.25) is 0 Å². The van der Waals surface area contributed by atoms with Crippen LogP contribution in [0.25, 0.3) is 20.9 Å². The van der Waals surface area contributed by atoms with Gasteiger partial charge < -0.3 is 5.32 Å². The lowest BCUT2D eigenvalue weighted by Gasteiger charge is -2.10. The average molecular weight is 314 g/mol. The second kappa shape index (κ2) is 5.75. The summed E-state index contributed by atoms with van der Waals surface area (Å²) in [6, 6.07) is 22.7. The monoisotopic (exact) mass is 314 g/mol. The Bertz CT molecular complexity index is 1040. The largest absolute Gasteiger partial charge is 0.380 e. The van der Waals surface area contributed by atoms with Gasteiger partial charge in [0.15, 0.2) is 0 Å². The smallest absolute Gasteiger partial charge is 0.0998 e. The van der Waals surface area contributed by atoms with Gasteiger partial charge in [-0.15, -0.1) is 11.3 Å². The third-order valence-electron chi connectivity index (χ3n) is 4.09. The summed E-state index contributed by atoms with van der Waals surface area (Å²) in [5.74, 6) is 0. The lowest BCUT2D eigenvalue weighted by molar-refractivity contribution is 1.18. The lowest BCUT2D eigenvalue weighted by Crippen LogP contribution is -2.00. The summed E-state index contributed by atoms with van der Waals surface area (Å²) in [5, 5.41) is 18.4. The molecule has 2 nitrogen and oxygen atoms in total. The van der Waals surface area contributed by atoms with Crippen molar-refractivity contribution in [1.29, 1.82) is 5.26 Å². The zero-order valence-electron chi connectivity index (χ0n) is 12.4. The van der Waals surface area contributed by atoms with E-state index in [1.54, 1.807) is 11.3 Å². The van der Waals surface area contributed by atoms with E-state index < -0.39 is 0 Å². The third kappa shape index (κ3) is 2.44. The normalized spacial score (nSPS) is 10.7. The van der Waals surface area contributed by atoms with Crippen molar-refractivity contribution in [3.05, 3.63) is 77.2 Å². The minimum Gasteiger partial charge on any atom is -0.380 e. The molecule has 110 valence electrons. The lowest BCUT2D eigenvalue weighted by atomic mass is 10.00. The molecule has 1 aromatic heterocycles. The number of nitrogens with one attached hydrogen (secondary N) is 1. The molecule has 0 radical (unpaired) electrons. The standard InChI is InChI=1S/C20H14N2S/c21-11-14-9-10-15(17-6-2-1-5-16(14)17)12-22-19-13-23-20-8-4-3-7-18(19)20/h1-10,13,22H,12H2. The van der Waals surface area contributed by atoms with E-state index in [0.29, 0.717) is 0 Å². The van der Waals surface area contributed by atoms with E-state index in [4.69, 9.17) is 0 Å². The number of thiophene rings is 1. The summed E-state index contributed by atoms with van der Waals surface area (Å²) in [7, 11) is 0. The molecule has 0 bridgehead atoms. The van der Waals surface area contributed by atoms with Crippen LogP contribution in [0, 0.1) is 11.3 Å². The molecule has 3 aromatic carbocycles. The van der Waals surface area contributed by atoms with Crippen molar-refractivity contribution in [1.82, 2.24) is 0 Å². The van der Waals surface area contributed by atoms with Gasteiger partial charge in [0.1, 0.15) is 0 Å². The van der Waals surface area contributed by atoms with Gasteiger partial charge in [0, 0.05) is 22.0 Å². The average Bonchev–Trinajstić information content (AvgIpc) is 3.03. The van der Waals surface area contributed by atoms with Gasteiger partial charge in [-0.3, -0.25) is 0 Å². The van der Waals surface area contributed by atoms with Crippen LogP contribution in [-0.2, 0) is 6.54 Å². The molecule has 0 aliphatic heterocycles. The number of hydrogen-bond donors (Lipinski definition) is 1. The molecule has 1 heterocycles. The van der Waals surface area contributed by atoms with Gasteiger partial charge in [-0.25, -0.2) is 0 Å². The fourth-order valence-corrected chi connectivity index (χ4v) is 3.84. The van der Waals surface area contributed by atoms with Crippen LogP contribution in [-0.4, -0.2) is 0 Å². The van der Waals surface area contributed by atoms with Crippen molar-refractivity contribution in [3.63, 3.8) is 0 Å². The van der Waals surface area contributed by atoms with Crippen LogP contribution in [0.3, 0.4) is 0 Å². The Morgan fingerprint density at radius 3 is 2.43 bits per heavy atom. The Labute approximate surface area is 138 Å². The Morgan fingerprint density at radius 2 is 1.61 bits per heavy atom. The number of nitriles is 1. The van der Waals surface area contributed by atoms with Crippen LogP contribution < -0.4 is 5.32 Å². The Balaban J connectivity index is 1.70. The van der Waals surface area contributed by atoms with Crippen molar-refractivity contribution in [2.45, 2.75) is 6.54 Å². The molecule has 0 aliphatic rings. The van der Waals surface area contributed by atoms with E-state index in [-0.39, 0.29) is 0 Å². The number of anilines is 1. The molecule has 0 unspecified atom stereocenters. The fourth-order valence-electron chi connectivity index (χ4n) is 2.92. The number of hydrogen-bond acceptors (Lipinski definition) is 3. The Kier molecular flexibility index (Phi) is 3.45. The Hall–Kier alpha value is -2.83. The second-order valence-electron chi connectivity index (χ2n) is 5.43. The predicted octanol–water partition coefficient (Wildman–Crippen LogP) is 5.54. The molecule has 0 amide bonds. The molecule has 0 fully saturated rings. The maximum atomic E-state index is 9.26. The minimum absolute atomic E-state index is 0.727. The van der Waals surface area contributed by atoms with Crippen LogP contribution in [0.1, 0.15) is 11.1 Å². The van der Waals surface area contributed by atoms with E-state index in [0.717, 1.165) is 22.9 Å². The van der Waals surface area contributed by atoms with Crippen LogP contribution in [0.15, 0.2) is 66.0 Å². The zero-order chi connectivity index (χ0) is 15.6. The first kappa shape index (κ1) is 13.8. The van der Waals surface area contributed by atoms with Crippen molar-refractivity contribution in [3.8, 4) is 6.07 Å². The highest BCUT2D eigenvalue weighted by atomic mass is 32.1. The number of nitrogens with zero attached hydrogens (tertiary/aromatic N) is 1. The van der Waals surface area contributed by atoms with E-state index >= 15 is 0 Å². The molecular weight excluding hydrogens is 300 g/mol. The quantitative estimate of drug-likeness (QED) is 0.539. The van der Waals surface area contributed by atoms with Gasteiger partial charge in [-0.1, -0.05) is 48.5 Å². The summed E-state index contributed by atoms with van der Waals surface area (Å²) in [6.45, 7) is 0.743. The van der Waals surface area contributed by atoms with E-state index in [2.05, 4.69) is 47.1 Å². The van der Waals surface area contributed by atoms with Crippen LogP contribution in [0.5, 0.6) is 0 Å². The highest BCUT2D eigenvalue weighted by molar-refractivity contribution is 7.17. The molecule has 0 spiro atoms. The maximum Gasteiger partial charge on any atom is 0.0998 e. The summed E-state index contributed by atoms with van der Waals surface area (Å²) < 4.78 is 1.29. The van der Waals surface area contributed by atoms with Crippen molar-refractivity contribution in [2.24, 2.45) is 0 Å². The van der Waals surface area contributed by atoms with Crippen LogP contribution in [0.4, 0.5) is 5.69 Å². The summed E-state index contributed by atoms with van der Waals surface area (Å²) in [6.07, 6.45) is 0. The fraction of sp³-hybridized carbons (Fsp3) is 0.0500. The van der Waals surface area contributed by atoms with Gasteiger partial charge in [0.25, 0.3) is 0 Å². The molecule has 4 aromatic rings. The highest BCUT2D eigenvalue weighted by Crippen LogP contribution is 2.31. The predicted molar refractivity (Wildman–Crippen MR) is 97.8 cm³/mol. The molecule has 3 heteroatoms. The molecule has 4 rings (SSSR count). The second-order valence-corrected chi connectivity index (χ2v) is 6.34. The van der Waals surface area contributed by atoms with Crippen molar-refractivity contribution >= 4 is 37.9 Å². The molecule has 0 atom stereocenters. The van der Waals surface area contributed by atoms with Gasteiger partial charge in [-0.05, 0) is 28.5 Å². The maximum absolute atomic E-state index is 9.26. The first-order valence-corrected chi connectivity index (χ1v) is 8.35. The van der Waals surface area contributed by atoms with E-state index in [1.807, 2.05) is 30.3 Å². The topological polar surface area (TPSA) is 35.8 Å². The first-order valence-electron chi connectivity index (χ1n) is 7.47. The molecule has 23 heavy (non-hydrogen) atoms. The molecule has 0 aliphatic carbocycles. The number of rotatable bonds is 3. The summed E-state index contributed by atoms with van der Waals surface area (Å²) in [4.78, 5) is 0. The minimum atomic E-state index is 0.727. The highest BCUT2D eigenvalue weighted by Gasteiger charge is 2.07. The molecule has 0 saturated heterocycles. The van der Waals surface area contributed by atoms with Gasteiger partial charge in [0.05, 0.1) is 17.3 Å². The molecular formula is C20H14N2S. The van der Waals surface area contributed by atoms with E-state index in [1.165, 1.54) is 21.3 Å². The van der Waals surface area contributed by atoms with Crippen LogP contribution in [0.2, 0.25) is 0 Å². The zero-order valence-corrected chi connectivity index (χ0v) is 13.2. The summed E-state index contributed by atoms with van der Waals surface area (Å²) >= 11 is 1.75. The van der Waals surface area contributed by atoms with Crippen molar-refractivity contribution in [2.75, 3.05) is 5.32 Å². The van der Waals surface area contributed by atoms with Crippen molar-refractivity contribution < 1.29 is 0 Å². The Morgan fingerprint density at radius 1 is 0.870 bits per heavy atom. The molecule has 1 N–H and O–H groups in total. The number of fused-ring (bicyclic) bond motifs is 2. The number of benzene rings is 3. The van der Waals surface area contributed by atoms with Gasteiger partial charge >= 0.3 is 0 Å². The van der Waals surface area contributed by atoms with Crippen LogP contribution >= 0.6 is 11.3 Å². The summed E-state index contributed by atoms with van der Waals surface area (Å²) in [5.41, 5.74) is 3.10. The van der Waals surface area contributed by atoms with E-state index in [9.17, 15) is 5.26 Å². The van der Waals surface area contributed by atoms with Gasteiger partial charge in [-0.2, -0.15) is 5.26 Å².